The monoisotopic (exact) mass is 963 g/mol. The van der Waals surface area contributed by atoms with Crippen molar-refractivity contribution in [2.24, 2.45) is 0 Å². The SMILES string of the molecule is c1ccc(C2(c3ccccc3)c3ccccc3-c3cc(N(c4ccc5c(c4)-c4ccccc4C54c5ccccc5-c5ccccc54)c4ccc5c(c4)C(c4ccccc4)(c4ccccc4)c4ccccc4-5)ccc32)cc1. The topological polar surface area (TPSA) is 3.24 Å². The third-order valence-electron chi connectivity index (χ3n) is 17.6. The first-order valence-corrected chi connectivity index (χ1v) is 26.7. The lowest BCUT2D eigenvalue weighted by atomic mass is 9.67. The van der Waals surface area contributed by atoms with Crippen LogP contribution in [0.4, 0.5) is 17.1 Å². The highest BCUT2D eigenvalue weighted by Crippen LogP contribution is 2.64. The Morgan fingerprint density at radius 1 is 0.171 bits per heavy atom. The molecule has 0 saturated heterocycles. The predicted molar refractivity (Wildman–Crippen MR) is 312 cm³/mol. The van der Waals surface area contributed by atoms with Crippen molar-refractivity contribution in [1.29, 1.82) is 0 Å². The first kappa shape index (κ1) is 42.9. The molecule has 76 heavy (non-hydrogen) atoms. The molecule has 0 radical (unpaired) electrons. The summed E-state index contributed by atoms with van der Waals surface area (Å²) in [6.07, 6.45) is 0. The highest BCUT2D eigenvalue weighted by Gasteiger charge is 2.52. The van der Waals surface area contributed by atoms with Gasteiger partial charge < -0.3 is 4.90 Å². The third-order valence-corrected chi connectivity index (χ3v) is 17.6. The molecule has 0 aromatic heterocycles. The van der Waals surface area contributed by atoms with Gasteiger partial charge in [-0.15, -0.1) is 0 Å². The minimum absolute atomic E-state index is 0.442. The van der Waals surface area contributed by atoms with Gasteiger partial charge in [0.1, 0.15) is 0 Å². The maximum Gasteiger partial charge on any atom is 0.0725 e. The Morgan fingerprint density at radius 3 is 0.803 bits per heavy atom. The van der Waals surface area contributed by atoms with E-state index < -0.39 is 16.2 Å². The number of rotatable bonds is 7. The van der Waals surface area contributed by atoms with Crippen LogP contribution < -0.4 is 4.90 Å². The summed E-state index contributed by atoms with van der Waals surface area (Å²) in [5, 5.41) is 0. The predicted octanol–water partition coefficient (Wildman–Crippen LogP) is 18.2. The summed E-state index contributed by atoms with van der Waals surface area (Å²) in [4.78, 5) is 2.54. The van der Waals surface area contributed by atoms with Gasteiger partial charge in [0.2, 0.25) is 0 Å². The van der Waals surface area contributed by atoms with Gasteiger partial charge in [-0.3, -0.25) is 0 Å². The Hall–Kier alpha value is -9.56. The number of nitrogens with zero attached hydrogens (tertiary/aromatic N) is 1. The molecule has 0 saturated carbocycles. The first-order chi connectivity index (χ1) is 37.7. The quantitative estimate of drug-likeness (QED) is 0.154. The Morgan fingerprint density at radius 2 is 0.421 bits per heavy atom. The summed E-state index contributed by atoms with van der Waals surface area (Å²) < 4.78 is 0. The zero-order valence-electron chi connectivity index (χ0n) is 41.7. The molecule has 1 heteroatoms. The lowest BCUT2D eigenvalue weighted by molar-refractivity contribution is 0.768. The van der Waals surface area contributed by atoms with E-state index in [-0.39, 0.29) is 0 Å². The fraction of sp³-hybridized carbons (Fsp3) is 0.0400. The molecular formula is C75H49N. The average Bonchev–Trinajstić information content (AvgIpc) is 4.33. The van der Waals surface area contributed by atoms with E-state index in [0.717, 1.165) is 17.1 Å². The Balaban J connectivity index is 0.977. The van der Waals surface area contributed by atoms with Crippen LogP contribution in [0.2, 0.25) is 0 Å². The van der Waals surface area contributed by atoms with Crippen molar-refractivity contribution in [3.05, 3.63) is 364 Å². The lowest BCUT2D eigenvalue weighted by Crippen LogP contribution is -2.29. The van der Waals surface area contributed by atoms with E-state index >= 15 is 0 Å². The summed E-state index contributed by atoms with van der Waals surface area (Å²) >= 11 is 0. The highest BCUT2D eigenvalue weighted by atomic mass is 15.1. The smallest absolute Gasteiger partial charge is 0.0725 e. The van der Waals surface area contributed by atoms with Crippen LogP contribution in [-0.4, -0.2) is 0 Å². The second kappa shape index (κ2) is 16.2. The van der Waals surface area contributed by atoms with Crippen LogP contribution in [0.15, 0.2) is 297 Å². The molecule has 0 atom stereocenters. The molecule has 4 aliphatic carbocycles. The van der Waals surface area contributed by atoms with Crippen LogP contribution in [0.5, 0.6) is 0 Å². The molecule has 1 spiro atoms. The van der Waals surface area contributed by atoms with Crippen LogP contribution in [0, 0.1) is 0 Å². The molecule has 0 fully saturated rings. The van der Waals surface area contributed by atoms with Gasteiger partial charge in [0, 0.05) is 17.1 Å². The van der Waals surface area contributed by atoms with E-state index in [1.807, 2.05) is 0 Å². The van der Waals surface area contributed by atoms with E-state index in [1.54, 1.807) is 0 Å². The van der Waals surface area contributed by atoms with E-state index in [0.29, 0.717) is 0 Å². The normalized spacial score (nSPS) is 14.6. The maximum absolute atomic E-state index is 2.54. The number of anilines is 3. The van der Waals surface area contributed by atoms with Crippen LogP contribution >= 0.6 is 0 Å². The van der Waals surface area contributed by atoms with Crippen molar-refractivity contribution >= 4 is 17.1 Å². The van der Waals surface area contributed by atoms with Crippen LogP contribution in [0.25, 0.3) is 44.5 Å². The molecule has 0 heterocycles. The molecule has 1 nitrogen and oxygen atoms in total. The second-order valence-corrected chi connectivity index (χ2v) is 21.0. The molecule has 0 amide bonds. The minimum atomic E-state index is -0.565. The van der Waals surface area contributed by atoms with Crippen LogP contribution in [0.3, 0.4) is 0 Å². The van der Waals surface area contributed by atoms with E-state index in [9.17, 15) is 0 Å². The zero-order valence-corrected chi connectivity index (χ0v) is 41.7. The summed E-state index contributed by atoms with van der Waals surface area (Å²) in [5.41, 5.74) is 27.5. The van der Waals surface area contributed by atoms with Gasteiger partial charge >= 0.3 is 0 Å². The maximum atomic E-state index is 2.54. The summed E-state index contributed by atoms with van der Waals surface area (Å²) in [7, 11) is 0. The Labute approximate surface area is 444 Å². The fourth-order valence-corrected chi connectivity index (χ4v) is 14.8. The molecule has 354 valence electrons. The molecule has 12 aromatic carbocycles. The third kappa shape index (κ3) is 5.54. The number of hydrogen-bond acceptors (Lipinski definition) is 1. The van der Waals surface area contributed by atoms with Gasteiger partial charge in [-0.1, -0.05) is 261 Å². The molecular weight excluding hydrogens is 915 g/mol. The van der Waals surface area contributed by atoms with Gasteiger partial charge in [0.05, 0.1) is 16.2 Å². The summed E-state index contributed by atoms with van der Waals surface area (Å²) in [5.74, 6) is 0. The van der Waals surface area contributed by atoms with Crippen molar-refractivity contribution in [2.45, 2.75) is 16.2 Å². The van der Waals surface area contributed by atoms with E-state index in [1.165, 1.54) is 111 Å². The van der Waals surface area contributed by atoms with Gasteiger partial charge in [0.25, 0.3) is 0 Å². The second-order valence-electron chi connectivity index (χ2n) is 21.0. The number of fused-ring (bicyclic) bond motifs is 16. The molecule has 16 rings (SSSR count). The minimum Gasteiger partial charge on any atom is -0.310 e. The molecule has 0 aliphatic heterocycles. The number of benzene rings is 12. The molecule has 0 bridgehead atoms. The van der Waals surface area contributed by atoms with Crippen molar-refractivity contribution < 1.29 is 0 Å². The number of hydrogen-bond donors (Lipinski definition) is 0. The molecule has 0 N–H and O–H groups in total. The van der Waals surface area contributed by atoms with Crippen molar-refractivity contribution in [3.63, 3.8) is 0 Å². The standard InChI is InChI=1S/C75H49N/c1-5-23-50(24-6-1)73(51-25-7-2-8-26-51)66-37-19-16-34-60(66)63-47-54(42-45-70(63)73)76(56-41-44-62-59-33-13-18-36-65(59)74(72(62)49-56,52-27-9-3-10-28-52)53-29-11-4-12-30-53)55-43-46-71-64(48-55)61-35-17-22-40-69(61)75(71)67-38-20-14-31-57(67)58-32-15-21-39-68(58)75/h1-49H. The Kier molecular flexibility index (Phi) is 9.15. The van der Waals surface area contributed by atoms with Gasteiger partial charge in [-0.25, -0.2) is 0 Å². The van der Waals surface area contributed by atoms with Gasteiger partial charge in [0.15, 0.2) is 0 Å². The van der Waals surface area contributed by atoms with Gasteiger partial charge in [-0.2, -0.15) is 0 Å². The zero-order chi connectivity index (χ0) is 50.0. The summed E-state index contributed by atoms with van der Waals surface area (Å²) in [6, 6.07) is 112. The molecule has 12 aromatic rings. The molecule has 4 aliphatic rings. The molecule has 0 unspecified atom stereocenters. The largest absolute Gasteiger partial charge is 0.310 e. The van der Waals surface area contributed by atoms with Crippen LogP contribution in [-0.2, 0) is 16.2 Å². The average molecular weight is 964 g/mol. The van der Waals surface area contributed by atoms with Crippen molar-refractivity contribution in [2.75, 3.05) is 4.90 Å². The van der Waals surface area contributed by atoms with Crippen LogP contribution in [0.1, 0.15) is 66.8 Å². The Bertz CT molecular complexity index is 4060. The highest BCUT2D eigenvalue weighted by molar-refractivity contribution is 5.98. The van der Waals surface area contributed by atoms with E-state index in [4.69, 9.17) is 0 Å². The van der Waals surface area contributed by atoms with Crippen molar-refractivity contribution in [1.82, 2.24) is 0 Å². The first-order valence-electron chi connectivity index (χ1n) is 26.7. The summed E-state index contributed by atoms with van der Waals surface area (Å²) in [6.45, 7) is 0. The van der Waals surface area contributed by atoms with Crippen molar-refractivity contribution in [3.8, 4) is 44.5 Å². The lowest BCUT2D eigenvalue weighted by Gasteiger charge is -2.35. The van der Waals surface area contributed by atoms with Gasteiger partial charge in [-0.05, 0) is 148 Å². The fourth-order valence-electron chi connectivity index (χ4n) is 14.8. The van der Waals surface area contributed by atoms with E-state index in [2.05, 4.69) is 302 Å².